The van der Waals surface area contributed by atoms with E-state index in [-0.39, 0.29) is 22.0 Å². The Hall–Kier alpha value is -2.43. The maximum atomic E-state index is 12.5. The van der Waals surface area contributed by atoms with Gasteiger partial charge in [0.05, 0.1) is 26.4 Å². The van der Waals surface area contributed by atoms with Crippen molar-refractivity contribution < 1.29 is 9.72 Å². The number of carbonyl (C=O) groups excluding carboxylic acids is 1. The Kier molecular flexibility index (Phi) is 5.49. The average molecular weight is 425 g/mol. The van der Waals surface area contributed by atoms with Crippen LogP contribution in [0.1, 0.15) is 6.92 Å². The molecule has 1 amide bonds. The predicted octanol–water partition coefficient (Wildman–Crippen LogP) is 3.68. The summed E-state index contributed by atoms with van der Waals surface area (Å²) in [5.74, 6) is -0.415. The van der Waals surface area contributed by atoms with Crippen LogP contribution in [0.4, 0.5) is 11.4 Å². The number of thioether (sulfide) groups is 1. The smallest absolute Gasteiger partial charge is 0.271 e. The van der Waals surface area contributed by atoms with Crippen molar-refractivity contribution in [3.05, 3.63) is 55.1 Å². The highest BCUT2D eigenvalue weighted by molar-refractivity contribution is 8.00. The second kappa shape index (κ2) is 7.67. The molecule has 0 aliphatic rings. The zero-order valence-corrected chi connectivity index (χ0v) is 16.5. The van der Waals surface area contributed by atoms with Crippen LogP contribution in [0.5, 0.6) is 0 Å². The van der Waals surface area contributed by atoms with E-state index < -0.39 is 16.1 Å². The number of thiophene rings is 1. The lowest BCUT2D eigenvalue weighted by Crippen LogP contribution is -2.25. The molecule has 0 fully saturated rings. The van der Waals surface area contributed by atoms with E-state index in [1.807, 2.05) is 0 Å². The number of hydrogen-bond acceptors (Lipinski definition) is 7. The molecule has 8 nitrogen and oxygen atoms in total. The number of aromatic nitrogens is 2. The normalized spacial score (nSPS) is 12.1. The Morgan fingerprint density at radius 2 is 2.19 bits per heavy atom. The van der Waals surface area contributed by atoms with Gasteiger partial charge >= 0.3 is 0 Å². The van der Waals surface area contributed by atoms with Gasteiger partial charge in [0, 0.05) is 19.2 Å². The number of nitro groups is 1. The van der Waals surface area contributed by atoms with E-state index in [9.17, 15) is 19.7 Å². The van der Waals surface area contributed by atoms with Gasteiger partial charge < -0.3 is 5.32 Å². The van der Waals surface area contributed by atoms with Crippen LogP contribution in [-0.4, -0.2) is 25.6 Å². The molecule has 0 bridgehead atoms. The number of nitro benzene ring substituents is 1. The Morgan fingerprint density at radius 3 is 2.89 bits per heavy atom. The lowest BCUT2D eigenvalue weighted by molar-refractivity contribution is -0.384. The molecule has 3 aromatic rings. The molecule has 27 heavy (non-hydrogen) atoms. The highest BCUT2D eigenvalue weighted by Gasteiger charge is 2.20. The first-order valence-corrected chi connectivity index (χ1v) is 9.77. The van der Waals surface area contributed by atoms with Crippen molar-refractivity contribution in [2.45, 2.75) is 17.3 Å². The Balaban J connectivity index is 1.81. The minimum atomic E-state index is -0.616. The molecule has 1 N–H and O–H groups in total. The van der Waals surface area contributed by atoms with Crippen LogP contribution in [0.3, 0.4) is 0 Å². The van der Waals surface area contributed by atoms with Crippen molar-refractivity contribution >= 4 is 62.2 Å². The summed E-state index contributed by atoms with van der Waals surface area (Å²) in [7, 11) is 1.60. The van der Waals surface area contributed by atoms with Crippen LogP contribution >= 0.6 is 34.7 Å². The van der Waals surface area contributed by atoms with Crippen molar-refractivity contribution in [2.24, 2.45) is 7.05 Å². The summed E-state index contributed by atoms with van der Waals surface area (Å²) in [5.41, 5.74) is 0.382. The van der Waals surface area contributed by atoms with Gasteiger partial charge in [-0.2, -0.15) is 0 Å². The number of anilines is 1. The van der Waals surface area contributed by atoms with Crippen LogP contribution in [0.15, 0.2) is 39.6 Å². The van der Waals surface area contributed by atoms with Gasteiger partial charge in [-0.25, -0.2) is 4.98 Å². The maximum absolute atomic E-state index is 12.5. The van der Waals surface area contributed by atoms with Crippen LogP contribution < -0.4 is 10.9 Å². The van der Waals surface area contributed by atoms with Gasteiger partial charge in [0.15, 0.2) is 5.16 Å². The fourth-order valence-electron chi connectivity index (χ4n) is 2.24. The third kappa shape index (κ3) is 3.97. The molecule has 0 radical (unpaired) electrons. The SMILES string of the molecule is CC(Sc1nc2ccsc2c(=O)n1C)C(=O)Nc1cc([N+](=O)[O-])ccc1Cl. The van der Waals surface area contributed by atoms with Gasteiger partial charge in [-0.3, -0.25) is 24.3 Å². The van der Waals surface area contributed by atoms with Gasteiger partial charge in [-0.15, -0.1) is 11.3 Å². The number of nitrogens with zero attached hydrogens (tertiary/aromatic N) is 3. The topological polar surface area (TPSA) is 107 Å². The number of carbonyl (C=O) groups is 1. The summed E-state index contributed by atoms with van der Waals surface area (Å²) in [4.78, 5) is 39.6. The number of nitrogens with one attached hydrogen (secondary N) is 1. The molecule has 0 saturated heterocycles. The van der Waals surface area contributed by atoms with Gasteiger partial charge in [0.25, 0.3) is 11.2 Å². The largest absolute Gasteiger partial charge is 0.324 e. The number of benzene rings is 1. The monoisotopic (exact) mass is 424 g/mol. The summed E-state index contributed by atoms with van der Waals surface area (Å²) in [5, 5.41) is 15.2. The summed E-state index contributed by atoms with van der Waals surface area (Å²) < 4.78 is 1.95. The molecule has 140 valence electrons. The lowest BCUT2D eigenvalue weighted by Gasteiger charge is -2.14. The fourth-order valence-corrected chi connectivity index (χ4v) is 4.09. The number of halogens is 1. The van der Waals surface area contributed by atoms with Crippen LogP contribution in [-0.2, 0) is 11.8 Å². The average Bonchev–Trinajstić information content (AvgIpc) is 3.09. The predicted molar refractivity (Wildman–Crippen MR) is 107 cm³/mol. The Bertz CT molecular complexity index is 1110. The van der Waals surface area contributed by atoms with Crippen molar-refractivity contribution in [1.29, 1.82) is 0 Å². The van der Waals surface area contributed by atoms with Gasteiger partial charge in [-0.1, -0.05) is 23.4 Å². The van der Waals surface area contributed by atoms with Crippen molar-refractivity contribution in [1.82, 2.24) is 9.55 Å². The van der Waals surface area contributed by atoms with E-state index >= 15 is 0 Å². The zero-order chi connectivity index (χ0) is 19.7. The second-order valence-corrected chi connectivity index (χ2v) is 8.20. The number of fused-ring (bicyclic) bond motifs is 1. The second-order valence-electron chi connectivity index (χ2n) is 5.56. The van der Waals surface area contributed by atoms with Crippen LogP contribution in [0, 0.1) is 10.1 Å². The molecule has 2 heterocycles. The number of amides is 1. The molecule has 0 aliphatic carbocycles. The molecule has 1 aromatic carbocycles. The summed E-state index contributed by atoms with van der Waals surface area (Å²) in [6, 6.07) is 5.55. The molecular formula is C16H13ClN4O4S2. The highest BCUT2D eigenvalue weighted by Crippen LogP contribution is 2.29. The highest BCUT2D eigenvalue weighted by atomic mass is 35.5. The molecule has 0 spiro atoms. The van der Waals surface area contributed by atoms with Crippen LogP contribution in [0.25, 0.3) is 10.2 Å². The third-order valence-electron chi connectivity index (χ3n) is 3.72. The first kappa shape index (κ1) is 19.3. The molecule has 2 aromatic heterocycles. The van der Waals surface area contributed by atoms with Crippen molar-refractivity contribution in [2.75, 3.05) is 5.32 Å². The fraction of sp³-hybridized carbons (Fsp3) is 0.188. The van der Waals surface area contributed by atoms with Gasteiger partial charge in [0.2, 0.25) is 5.91 Å². The lowest BCUT2D eigenvalue weighted by atomic mass is 10.2. The van der Waals surface area contributed by atoms with Crippen molar-refractivity contribution in [3.8, 4) is 0 Å². The van der Waals surface area contributed by atoms with Crippen molar-refractivity contribution in [3.63, 3.8) is 0 Å². The summed E-state index contributed by atoms with van der Waals surface area (Å²) in [6.07, 6.45) is 0. The van der Waals surface area contributed by atoms with Gasteiger partial charge in [0.1, 0.15) is 4.70 Å². The molecule has 0 saturated carbocycles. The van der Waals surface area contributed by atoms with E-state index in [0.717, 1.165) is 11.8 Å². The van der Waals surface area contributed by atoms with E-state index in [1.165, 1.54) is 34.1 Å². The molecular weight excluding hydrogens is 412 g/mol. The third-order valence-corrected chi connectivity index (χ3v) is 6.08. The number of hydrogen-bond donors (Lipinski definition) is 1. The minimum Gasteiger partial charge on any atom is -0.324 e. The van der Waals surface area contributed by atoms with E-state index in [2.05, 4.69) is 10.3 Å². The van der Waals surface area contributed by atoms with Gasteiger partial charge in [-0.05, 0) is 24.4 Å². The molecule has 0 aliphatic heterocycles. The zero-order valence-electron chi connectivity index (χ0n) is 14.1. The first-order valence-electron chi connectivity index (χ1n) is 7.63. The van der Waals surface area contributed by atoms with Crippen LogP contribution in [0.2, 0.25) is 5.02 Å². The summed E-state index contributed by atoms with van der Waals surface area (Å²) in [6.45, 7) is 1.65. The molecule has 1 unspecified atom stereocenters. The van der Waals surface area contributed by atoms with E-state index in [4.69, 9.17) is 11.6 Å². The standard InChI is InChI=1S/C16H13ClN4O4S2/c1-8(14(22)18-12-7-9(21(24)25)3-4-10(12)17)27-16-19-11-5-6-26-13(11)15(23)20(16)2/h3-8H,1-2H3,(H,18,22). The Morgan fingerprint density at radius 1 is 1.44 bits per heavy atom. The maximum Gasteiger partial charge on any atom is 0.271 e. The van der Waals surface area contributed by atoms with E-state index in [0.29, 0.717) is 15.4 Å². The molecule has 1 atom stereocenters. The Labute approximate surface area is 166 Å². The molecule has 11 heteroatoms. The number of rotatable bonds is 5. The minimum absolute atomic E-state index is 0.151. The quantitative estimate of drug-likeness (QED) is 0.290. The molecule has 3 rings (SSSR count). The first-order chi connectivity index (χ1) is 12.8. The number of non-ortho nitro benzene ring substituents is 1. The summed E-state index contributed by atoms with van der Waals surface area (Å²) >= 11 is 8.44. The van der Waals surface area contributed by atoms with E-state index in [1.54, 1.807) is 25.4 Å².